The van der Waals surface area contributed by atoms with E-state index in [-0.39, 0.29) is 0 Å². The van der Waals surface area contributed by atoms with Crippen LogP contribution in [0.15, 0.2) is 40.7 Å². The van der Waals surface area contributed by atoms with E-state index in [9.17, 15) is 0 Å². The van der Waals surface area contributed by atoms with E-state index in [1.807, 2.05) is 0 Å². The number of hydrogen-bond acceptors (Lipinski definition) is 3. The second-order valence-electron chi connectivity index (χ2n) is 4.29. The lowest BCUT2D eigenvalue weighted by molar-refractivity contribution is 0.774. The fourth-order valence-corrected chi connectivity index (χ4v) is 2.65. The first-order chi connectivity index (χ1) is 8.29. The lowest BCUT2D eigenvalue weighted by Gasteiger charge is -2.15. The van der Waals surface area contributed by atoms with Crippen molar-refractivity contribution in [3.8, 4) is 0 Å². The molecule has 0 spiro atoms. The highest BCUT2D eigenvalue weighted by atomic mass is 32.2. The van der Waals surface area contributed by atoms with Gasteiger partial charge in [-0.2, -0.15) is 0 Å². The predicted molar refractivity (Wildman–Crippen MR) is 76.2 cm³/mol. The minimum atomic E-state index is 0.494. The zero-order chi connectivity index (χ0) is 12.1. The number of nitrogens with zero attached hydrogens (tertiary/aromatic N) is 1. The summed E-state index contributed by atoms with van der Waals surface area (Å²) in [5.41, 5.74) is 8.13. The van der Waals surface area contributed by atoms with Crippen molar-refractivity contribution in [2.45, 2.75) is 19.9 Å². The second kappa shape index (κ2) is 6.03. The molecule has 1 aliphatic rings. The molecule has 2 rings (SSSR count). The summed E-state index contributed by atoms with van der Waals surface area (Å²) < 4.78 is 0. The van der Waals surface area contributed by atoms with Crippen molar-refractivity contribution < 1.29 is 0 Å². The molecular weight excluding hydrogens is 228 g/mol. The van der Waals surface area contributed by atoms with Crippen molar-refractivity contribution in [2.75, 3.05) is 6.54 Å². The highest BCUT2D eigenvalue weighted by Gasteiger charge is 2.12. The summed E-state index contributed by atoms with van der Waals surface area (Å²) >= 11 is 1.75. The van der Waals surface area contributed by atoms with Crippen LogP contribution >= 0.6 is 11.8 Å². The average molecular weight is 246 g/mol. The first-order valence-electron chi connectivity index (χ1n) is 5.93. The predicted octanol–water partition coefficient (Wildman–Crippen LogP) is 2.98. The number of thioether (sulfide) groups is 1. The van der Waals surface area contributed by atoms with Gasteiger partial charge < -0.3 is 5.73 Å². The number of aliphatic imine (C=N–C) groups is 1. The average Bonchev–Trinajstić information content (AvgIpc) is 2.40. The summed E-state index contributed by atoms with van der Waals surface area (Å²) in [7, 11) is 0. The van der Waals surface area contributed by atoms with Crippen LogP contribution in [-0.2, 0) is 13.0 Å². The summed E-state index contributed by atoms with van der Waals surface area (Å²) in [4.78, 5) is 4.53. The van der Waals surface area contributed by atoms with Crippen LogP contribution in [0.25, 0.3) is 0 Å². The van der Waals surface area contributed by atoms with Crippen LogP contribution in [0.5, 0.6) is 0 Å². The van der Waals surface area contributed by atoms with Crippen molar-refractivity contribution in [1.29, 1.82) is 0 Å². The van der Waals surface area contributed by atoms with Crippen molar-refractivity contribution in [2.24, 2.45) is 16.6 Å². The highest BCUT2D eigenvalue weighted by molar-refractivity contribution is 8.16. The van der Waals surface area contributed by atoms with Gasteiger partial charge in [-0.1, -0.05) is 49.0 Å². The maximum atomic E-state index is 5.59. The molecule has 1 aromatic carbocycles. The number of rotatable bonds is 4. The van der Waals surface area contributed by atoms with Gasteiger partial charge in [0.25, 0.3) is 0 Å². The van der Waals surface area contributed by atoms with Gasteiger partial charge in [-0.3, -0.25) is 4.99 Å². The summed E-state index contributed by atoms with van der Waals surface area (Å²) in [5.74, 6) is 0.494. The third kappa shape index (κ3) is 3.45. The fourth-order valence-electron chi connectivity index (χ4n) is 1.87. The Labute approximate surface area is 107 Å². The molecule has 1 heterocycles. The smallest absolute Gasteiger partial charge is 0.0753 e. The molecule has 0 bridgehead atoms. The minimum Gasteiger partial charge on any atom is -0.326 e. The molecule has 1 atom stereocenters. The Morgan fingerprint density at radius 1 is 1.29 bits per heavy atom. The Bertz CT molecular complexity index is 420. The monoisotopic (exact) mass is 246 g/mol. The van der Waals surface area contributed by atoms with Crippen LogP contribution < -0.4 is 5.73 Å². The Morgan fingerprint density at radius 2 is 2.00 bits per heavy atom. The van der Waals surface area contributed by atoms with Crippen molar-refractivity contribution in [3.63, 3.8) is 0 Å². The molecule has 0 saturated carbocycles. The maximum absolute atomic E-state index is 5.59. The lowest BCUT2D eigenvalue weighted by atomic mass is 10.0. The number of benzene rings is 1. The van der Waals surface area contributed by atoms with Gasteiger partial charge in [0.2, 0.25) is 0 Å². The van der Waals surface area contributed by atoms with E-state index in [1.54, 1.807) is 11.8 Å². The summed E-state index contributed by atoms with van der Waals surface area (Å²) in [6, 6.07) is 8.56. The van der Waals surface area contributed by atoms with Gasteiger partial charge in [-0.15, -0.1) is 0 Å². The molecule has 2 nitrogen and oxygen atoms in total. The molecule has 0 saturated heterocycles. The van der Waals surface area contributed by atoms with E-state index in [2.05, 4.69) is 47.7 Å². The van der Waals surface area contributed by atoms with Gasteiger partial charge >= 0.3 is 0 Å². The maximum Gasteiger partial charge on any atom is 0.0753 e. The van der Waals surface area contributed by atoms with Crippen LogP contribution in [0.3, 0.4) is 0 Å². The third-order valence-electron chi connectivity index (χ3n) is 2.86. The molecule has 1 unspecified atom stereocenters. The van der Waals surface area contributed by atoms with Gasteiger partial charge in [0.15, 0.2) is 0 Å². The van der Waals surface area contributed by atoms with E-state index in [1.165, 1.54) is 16.2 Å². The number of hydrogen-bond donors (Lipinski definition) is 1. The molecule has 0 amide bonds. The van der Waals surface area contributed by atoms with Crippen LogP contribution in [0, 0.1) is 5.92 Å². The third-order valence-corrected chi connectivity index (χ3v) is 3.96. The van der Waals surface area contributed by atoms with E-state index >= 15 is 0 Å². The molecule has 3 heteroatoms. The lowest BCUT2D eigenvalue weighted by Crippen LogP contribution is -2.12. The fraction of sp³-hybridized carbons (Fsp3) is 0.357. The first kappa shape index (κ1) is 12.4. The standard InChI is InChI=1S/C14H18N2S/c1-11(14-16-7-2-8-17-14)9-12-3-5-13(10-15)6-4-12/h2-6,8,11H,7,9-10,15H2,1H3. The molecule has 17 heavy (non-hydrogen) atoms. The Hall–Kier alpha value is -1.06. The van der Waals surface area contributed by atoms with Crippen LogP contribution in [-0.4, -0.2) is 11.6 Å². The Kier molecular flexibility index (Phi) is 4.40. The first-order valence-corrected chi connectivity index (χ1v) is 6.81. The van der Waals surface area contributed by atoms with Crippen LogP contribution in [0.4, 0.5) is 0 Å². The molecule has 0 radical (unpaired) electrons. The van der Waals surface area contributed by atoms with Gasteiger partial charge in [-0.25, -0.2) is 0 Å². The molecule has 2 N–H and O–H groups in total. The molecular formula is C14H18N2S. The molecule has 0 fully saturated rings. The van der Waals surface area contributed by atoms with Crippen molar-refractivity contribution >= 4 is 16.8 Å². The largest absolute Gasteiger partial charge is 0.326 e. The molecule has 90 valence electrons. The minimum absolute atomic E-state index is 0.494. The molecule has 0 aliphatic carbocycles. The topological polar surface area (TPSA) is 38.4 Å². The van der Waals surface area contributed by atoms with E-state index < -0.39 is 0 Å². The SMILES string of the molecule is CC(Cc1ccc(CN)cc1)C1=NCC=CS1. The second-order valence-corrected chi connectivity index (χ2v) is 5.22. The van der Waals surface area contributed by atoms with E-state index in [0.717, 1.165) is 13.0 Å². The van der Waals surface area contributed by atoms with Crippen molar-refractivity contribution in [1.82, 2.24) is 0 Å². The van der Waals surface area contributed by atoms with Gasteiger partial charge in [-0.05, 0) is 23.0 Å². The Morgan fingerprint density at radius 3 is 2.59 bits per heavy atom. The van der Waals surface area contributed by atoms with Gasteiger partial charge in [0, 0.05) is 12.5 Å². The highest BCUT2D eigenvalue weighted by Crippen LogP contribution is 2.21. The molecule has 1 aliphatic heterocycles. The molecule has 1 aromatic rings. The quantitative estimate of drug-likeness (QED) is 0.887. The zero-order valence-corrected chi connectivity index (χ0v) is 10.9. The van der Waals surface area contributed by atoms with Gasteiger partial charge in [0.05, 0.1) is 11.6 Å². The summed E-state index contributed by atoms with van der Waals surface area (Å²) in [6.07, 6.45) is 3.14. The van der Waals surface area contributed by atoms with Crippen LogP contribution in [0.2, 0.25) is 0 Å². The van der Waals surface area contributed by atoms with E-state index in [4.69, 9.17) is 5.73 Å². The summed E-state index contributed by atoms with van der Waals surface area (Å²) in [5, 5.41) is 3.38. The van der Waals surface area contributed by atoms with Gasteiger partial charge in [0.1, 0.15) is 0 Å². The normalized spacial score (nSPS) is 16.7. The van der Waals surface area contributed by atoms with Crippen LogP contribution in [0.1, 0.15) is 18.1 Å². The van der Waals surface area contributed by atoms with Crippen molar-refractivity contribution in [3.05, 3.63) is 46.9 Å². The summed E-state index contributed by atoms with van der Waals surface area (Å²) in [6.45, 7) is 3.68. The Balaban J connectivity index is 1.97. The molecule has 0 aromatic heterocycles. The number of nitrogens with two attached hydrogens (primary N) is 1. The zero-order valence-electron chi connectivity index (χ0n) is 10.1. The van der Waals surface area contributed by atoms with E-state index in [0.29, 0.717) is 12.5 Å².